The minimum Gasteiger partial charge on any atom is -0.535 e. The van der Waals surface area contributed by atoms with Gasteiger partial charge in [0.15, 0.2) is 5.58 Å². The molecule has 0 bridgehead atoms. The van der Waals surface area contributed by atoms with Gasteiger partial charge in [0.2, 0.25) is 0 Å². The predicted octanol–water partition coefficient (Wildman–Crippen LogP) is 4.84. The molecule has 0 atom stereocenters. The number of rotatable bonds is 4. The Kier molecular flexibility index (Phi) is 3.70. The van der Waals surface area contributed by atoms with Gasteiger partial charge in [-0.25, -0.2) is 0 Å². The molecular weight excluding hydrogens is 299 g/mol. The zero-order valence-electron chi connectivity index (χ0n) is 13.7. The third kappa shape index (κ3) is 2.43. The second-order valence-electron chi connectivity index (χ2n) is 6.55. The van der Waals surface area contributed by atoms with Crippen LogP contribution < -0.4 is 4.65 Å². The average molecular weight is 317 g/mol. The molecular formula is C20H18BO3. The molecule has 1 heterocycles. The van der Waals surface area contributed by atoms with E-state index in [4.69, 9.17) is 14.1 Å². The van der Waals surface area contributed by atoms with Gasteiger partial charge >= 0.3 is 7.69 Å². The number of benzene rings is 3. The monoisotopic (exact) mass is 317 g/mol. The Morgan fingerprint density at radius 3 is 2.71 bits per heavy atom. The van der Waals surface area contributed by atoms with Crippen LogP contribution in [0, 0.1) is 5.92 Å². The van der Waals surface area contributed by atoms with E-state index >= 15 is 0 Å². The van der Waals surface area contributed by atoms with E-state index in [2.05, 4.69) is 38.1 Å². The van der Waals surface area contributed by atoms with Gasteiger partial charge in [-0.15, -0.1) is 0 Å². The molecule has 0 aliphatic carbocycles. The molecule has 4 aromatic rings. The molecule has 0 amide bonds. The van der Waals surface area contributed by atoms with Crippen molar-refractivity contribution in [3.05, 3.63) is 54.1 Å². The maximum atomic E-state index is 9.08. The summed E-state index contributed by atoms with van der Waals surface area (Å²) >= 11 is 0. The van der Waals surface area contributed by atoms with E-state index in [0.29, 0.717) is 24.9 Å². The van der Waals surface area contributed by atoms with Crippen molar-refractivity contribution in [3.8, 4) is 5.75 Å². The van der Waals surface area contributed by atoms with Crippen LogP contribution in [0.1, 0.15) is 19.4 Å². The Hall–Kier alpha value is -2.46. The largest absolute Gasteiger partial charge is 0.569 e. The summed E-state index contributed by atoms with van der Waals surface area (Å²) in [5, 5.41) is 13.4. The van der Waals surface area contributed by atoms with Gasteiger partial charge in [0, 0.05) is 10.8 Å². The van der Waals surface area contributed by atoms with Crippen LogP contribution in [-0.2, 0) is 6.42 Å². The van der Waals surface area contributed by atoms with Crippen LogP contribution in [0.2, 0.25) is 0 Å². The second kappa shape index (κ2) is 5.88. The van der Waals surface area contributed by atoms with Gasteiger partial charge in [0.05, 0.1) is 0 Å². The van der Waals surface area contributed by atoms with Crippen molar-refractivity contribution in [2.45, 2.75) is 20.3 Å². The third-order valence-electron chi connectivity index (χ3n) is 4.32. The fourth-order valence-electron chi connectivity index (χ4n) is 3.38. The predicted molar refractivity (Wildman–Crippen MR) is 98.4 cm³/mol. The van der Waals surface area contributed by atoms with Crippen molar-refractivity contribution in [2.24, 2.45) is 5.92 Å². The normalized spacial score (nSPS) is 11.7. The standard InChI is InChI=1S/C20H18BO3/c1-12(2)9-13-7-8-14-11-18(24-21-22)20-19(16(14)10-13)15-5-3-4-6-17(15)23-20/h3-8,10-12,22H,9H2,1-2H3. The average Bonchev–Trinajstić information content (AvgIpc) is 2.95. The molecule has 119 valence electrons. The maximum Gasteiger partial charge on any atom is 0.569 e. The first-order valence-corrected chi connectivity index (χ1v) is 8.17. The van der Waals surface area contributed by atoms with Crippen molar-refractivity contribution in [1.29, 1.82) is 0 Å². The van der Waals surface area contributed by atoms with Gasteiger partial charge in [-0.05, 0) is 40.8 Å². The van der Waals surface area contributed by atoms with Crippen molar-refractivity contribution in [2.75, 3.05) is 0 Å². The third-order valence-corrected chi connectivity index (χ3v) is 4.32. The zero-order chi connectivity index (χ0) is 16.7. The van der Waals surface area contributed by atoms with Crippen LogP contribution in [0.25, 0.3) is 32.7 Å². The fraction of sp³-hybridized carbons (Fsp3) is 0.200. The lowest BCUT2D eigenvalue weighted by molar-refractivity contribution is 0.451. The molecule has 24 heavy (non-hydrogen) atoms. The first-order valence-electron chi connectivity index (χ1n) is 8.17. The van der Waals surface area contributed by atoms with E-state index < -0.39 is 0 Å². The SMILES string of the molecule is CC(C)Cc1ccc2cc(O[B]O)c3oc4ccccc4c3c2c1. The quantitative estimate of drug-likeness (QED) is 0.548. The summed E-state index contributed by atoms with van der Waals surface area (Å²) in [5.74, 6) is 1.12. The molecule has 0 fully saturated rings. The van der Waals surface area contributed by atoms with E-state index in [1.165, 1.54) is 5.56 Å². The molecule has 0 saturated heterocycles. The summed E-state index contributed by atoms with van der Waals surface area (Å²) in [4.78, 5) is 0. The number of hydrogen-bond acceptors (Lipinski definition) is 3. The number of para-hydroxylation sites is 1. The van der Waals surface area contributed by atoms with E-state index in [9.17, 15) is 0 Å². The minimum atomic E-state index is 0.521. The molecule has 1 aromatic heterocycles. The Labute approximate surface area is 141 Å². The van der Waals surface area contributed by atoms with E-state index in [0.717, 1.165) is 33.5 Å². The van der Waals surface area contributed by atoms with Crippen LogP contribution in [0.15, 0.2) is 52.9 Å². The van der Waals surface area contributed by atoms with Crippen LogP contribution in [0.4, 0.5) is 0 Å². The lowest BCUT2D eigenvalue weighted by Crippen LogP contribution is -2.00. The number of furan rings is 1. The summed E-state index contributed by atoms with van der Waals surface area (Å²) in [6.07, 6.45) is 1.04. The molecule has 3 nitrogen and oxygen atoms in total. The van der Waals surface area contributed by atoms with Crippen LogP contribution >= 0.6 is 0 Å². The Morgan fingerprint density at radius 2 is 1.92 bits per heavy atom. The molecule has 3 aromatic carbocycles. The van der Waals surface area contributed by atoms with E-state index in [-0.39, 0.29) is 0 Å². The highest BCUT2D eigenvalue weighted by Crippen LogP contribution is 2.40. The first kappa shape index (κ1) is 15.1. The van der Waals surface area contributed by atoms with Gasteiger partial charge < -0.3 is 14.1 Å². The lowest BCUT2D eigenvalue weighted by Gasteiger charge is -2.10. The van der Waals surface area contributed by atoms with Crippen molar-refractivity contribution < 1.29 is 14.1 Å². The smallest absolute Gasteiger partial charge is 0.535 e. The Bertz CT molecular complexity index is 1030. The summed E-state index contributed by atoms with van der Waals surface area (Å²) in [6.45, 7) is 4.45. The van der Waals surface area contributed by atoms with Gasteiger partial charge in [0.25, 0.3) is 0 Å². The fourth-order valence-corrected chi connectivity index (χ4v) is 3.38. The molecule has 4 heteroatoms. The van der Waals surface area contributed by atoms with Crippen LogP contribution in [0.3, 0.4) is 0 Å². The first-order chi connectivity index (χ1) is 11.7. The van der Waals surface area contributed by atoms with Crippen LogP contribution in [0.5, 0.6) is 5.75 Å². The highest BCUT2D eigenvalue weighted by atomic mass is 16.5. The number of hydrogen-bond donors (Lipinski definition) is 1. The zero-order valence-corrected chi connectivity index (χ0v) is 13.7. The lowest BCUT2D eigenvalue weighted by atomic mass is 9.97. The van der Waals surface area contributed by atoms with Gasteiger partial charge in [-0.3, -0.25) is 0 Å². The molecule has 0 aliphatic rings. The van der Waals surface area contributed by atoms with Crippen molar-refractivity contribution >= 4 is 40.4 Å². The Balaban J connectivity index is 2.10. The highest BCUT2D eigenvalue weighted by molar-refractivity contribution is 6.23. The van der Waals surface area contributed by atoms with Gasteiger partial charge in [-0.2, -0.15) is 0 Å². The summed E-state index contributed by atoms with van der Waals surface area (Å²) < 4.78 is 11.3. The molecule has 4 rings (SSSR count). The topological polar surface area (TPSA) is 42.6 Å². The molecule has 1 radical (unpaired) electrons. The highest BCUT2D eigenvalue weighted by Gasteiger charge is 2.16. The Morgan fingerprint density at radius 1 is 1.08 bits per heavy atom. The van der Waals surface area contributed by atoms with Crippen LogP contribution in [-0.4, -0.2) is 12.7 Å². The summed E-state index contributed by atoms with van der Waals surface area (Å²) in [6, 6.07) is 16.4. The second-order valence-corrected chi connectivity index (χ2v) is 6.55. The van der Waals surface area contributed by atoms with E-state index in [1.807, 2.05) is 24.3 Å². The summed E-state index contributed by atoms with van der Waals surface area (Å²) in [5.41, 5.74) is 2.79. The number of fused-ring (bicyclic) bond motifs is 5. The minimum absolute atomic E-state index is 0.521. The molecule has 0 unspecified atom stereocenters. The molecule has 1 N–H and O–H groups in total. The summed E-state index contributed by atoms with van der Waals surface area (Å²) in [7, 11) is 0.695. The van der Waals surface area contributed by atoms with Crippen molar-refractivity contribution in [3.63, 3.8) is 0 Å². The molecule has 0 spiro atoms. The maximum absolute atomic E-state index is 9.08. The molecule has 0 saturated carbocycles. The van der Waals surface area contributed by atoms with Gasteiger partial charge in [0.1, 0.15) is 11.3 Å². The van der Waals surface area contributed by atoms with Gasteiger partial charge in [-0.1, -0.05) is 50.2 Å². The van der Waals surface area contributed by atoms with Crippen molar-refractivity contribution in [1.82, 2.24) is 0 Å². The molecule has 0 aliphatic heterocycles. The van der Waals surface area contributed by atoms with E-state index in [1.54, 1.807) is 0 Å².